The maximum Gasteiger partial charge on any atom is 0.492 e. The van der Waals surface area contributed by atoms with Gasteiger partial charge in [0.1, 0.15) is 0 Å². The van der Waals surface area contributed by atoms with Crippen LogP contribution in [0.15, 0.2) is 42.5 Å². The van der Waals surface area contributed by atoms with Crippen LogP contribution in [-0.4, -0.2) is 72.5 Å². The number of nitrogens with zero attached hydrogens (tertiary/aromatic N) is 1. The van der Waals surface area contributed by atoms with Crippen molar-refractivity contribution < 1.29 is 32.4 Å². The number of amides is 1. The fourth-order valence-electron chi connectivity index (χ4n) is 5.92. The summed E-state index contributed by atoms with van der Waals surface area (Å²) >= 11 is 0. The Hall–Kier alpha value is -2.81. The van der Waals surface area contributed by atoms with E-state index in [2.05, 4.69) is 10.2 Å². The third kappa shape index (κ3) is 8.65. The lowest BCUT2D eigenvalue weighted by Crippen LogP contribution is -2.52. The quantitative estimate of drug-likeness (QED) is 0.238. The van der Waals surface area contributed by atoms with Gasteiger partial charge in [0.2, 0.25) is 5.91 Å². The Morgan fingerprint density at radius 1 is 1.12 bits per heavy atom. The lowest BCUT2D eigenvalue weighted by Gasteiger charge is -2.34. The average molecular weight is 603 g/mol. The minimum absolute atomic E-state index is 0.00522. The van der Waals surface area contributed by atoms with Crippen LogP contribution in [0.3, 0.4) is 0 Å². The van der Waals surface area contributed by atoms with E-state index in [-0.39, 0.29) is 30.7 Å². The number of fused-ring (bicyclic) bond motifs is 1. The number of benzene rings is 2. The van der Waals surface area contributed by atoms with Crippen molar-refractivity contribution in [1.29, 1.82) is 0 Å². The van der Waals surface area contributed by atoms with Gasteiger partial charge in [0.05, 0.1) is 23.2 Å². The molecule has 2 aromatic rings. The molecular weight excluding hydrogens is 562 g/mol. The Labute approximate surface area is 250 Å². The Morgan fingerprint density at radius 2 is 1.74 bits per heavy atom. The normalized spacial score (nSPS) is 21.7. The molecule has 1 amide bonds. The molecule has 4 atom stereocenters. The van der Waals surface area contributed by atoms with Crippen LogP contribution in [0.1, 0.15) is 55.4 Å². The maximum absolute atomic E-state index is 13.5. The number of carbonyl (C=O) groups excluding carboxylic acids is 2. The summed E-state index contributed by atoms with van der Waals surface area (Å²) in [5, 5.41) is 13.1. The van der Waals surface area contributed by atoms with Crippen molar-refractivity contribution in [2.45, 2.75) is 81.9 Å². The number of Topliss-reactive ketones (excluding diaryl/α,β-unsaturated/α-hetero) is 1. The molecule has 0 bridgehead atoms. The monoisotopic (exact) mass is 603 g/mol. The summed E-state index contributed by atoms with van der Waals surface area (Å²) in [6.07, 6.45) is -2.81. The van der Waals surface area contributed by atoms with Crippen LogP contribution in [0.2, 0.25) is 0 Å². The van der Waals surface area contributed by atoms with Crippen LogP contribution < -0.4 is 28.0 Å². The van der Waals surface area contributed by atoms with Gasteiger partial charge in [-0.2, -0.15) is 13.2 Å². The van der Waals surface area contributed by atoms with Crippen LogP contribution in [0.4, 0.5) is 13.2 Å². The number of hydrogen-bond donors (Lipinski definition) is 5. The molecule has 1 saturated heterocycles. The maximum atomic E-state index is 13.5. The number of halogens is 3. The molecule has 0 radical (unpaired) electrons. The Morgan fingerprint density at radius 3 is 2.37 bits per heavy atom. The second kappa shape index (κ2) is 13.5. The third-order valence-corrected chi connectivity index (χ3v) is 8.16. The molecule has 2 aromatic carbocycles. The zero-order valence-electron chi connectivity index (χ0n) is 24.6. The van der Waals surface area contributed by atoms with E-state index in [9.17, 15) is 27.8 Å². The lowest BCUT2D eigenvalue weighted by molar-refractivity contribution is -0.137. The molecule has 9 nitrogen and oxygen atoms in total. The molecular formula is C30H41BF3N5O4. The minimum Gasteiger partial charge on any atom is -0.423 e. The fraction of sp³-hybridized carbons (Fsp3) is 0.533. The molecule has 0 aliphatic carbocycles. The predicted molar refractivity (Wildman–Crippen MR) is 158 cm³/mol. The zero-order chi connectivity index (χ0) is 31.5. The number of nitrogens with two attached hydrogens (primary N) is 3. The molecule has 0 spiro atoms. The number of piperidine rings is 1. The summed E-state index contributed by atoms with van der Waals surface area (Å²) in [6.45, 7) is 5.80. The first-order chi connectivity index (χ1) is 20.1. The zero-order valence-corrected chi connectivity index (χ0v) is 24.6. The number of likely N-dealkylation sites (tertiary alicyclic amines) is 1. The van der Waals surface area contributed by atoms with Gasteiger partial charge in [0.25, 0.3) is 0 Å². The highest BCUT2D eigenvalue weighted by molar-refractivity contribution is 6.62. The third-order valence-electron chi connectivity index (χ3n) is 8.16. The van der Waals surface area contributed by atoms with Gasteiger partial charge >= 0.3 is 13.3 Å². The molecule has 0 aromatic heterocycles. The molecule has 2 aliphatic heterocycles. The number of carbonyl (C=O) groups is 2. The lowest BCUT2D eigenvalue weighted by atomic mass is 9.77. The topological polar surface area (TPSA) is 157 Å². The van der Waals surface area contributed by atoms with E-state index in [0.717, 1.165) is 37.2 Å². The van der Waals surface area contributed by atoms with Crippen molar-refractivity contribution in [3.63, 3.8) is 0 Å². The molecule has 2 aliphatic rings. The van der Waals surface area contributed by atoms with Crippen molar-refractivity contribution in [1.82, 2.24) is 10.2 Å². The first kappa shape index (κ1) is 33.1. The molecule has 0 unspecified atom stereocenters. The van der Waals surface area contributed by atoms with E-state index in [1.807, 2.05) is 13.8 Å². The van der Waals surface area contributed by atoms with Gasteiger partial charge in [-0.15, -0.1) is 0 Å². The van der Waals surface area contributed by atoms with Gasteiger partial charge in [-0.05, 0) is 80.4 Å². The van der Waals surface area contributed by atoms with Crippen molar-refractivity contribution in [3.8, 4) is 0 Å². The summed E-state index contributed by atoms with van der Waals surface area (Å²) in [4.78, 5) is 28.8. The molecule has 0 saturated carbocycles. The van der Waals surface area contributed by atoms with E-state index in [0.29, 0.717) is 36.0 Å². The SMILES string of the molecule is CC1(C)OB(O)c2cc(CC(=O)[C@@H](Cc3ccc(C(F)(F)F)cc3)NC(=O)[C@@H](N)CCCN3C[C@H](N)C[C@H](N)C3)ccc21. The number of alkyl halides is 3. The minimum atomic E-state index is -4.49. The first-order valence-electron chi connectivity index (χ1n) is 14.6. The first-order valence-corrected chi connectivity index (χ1v) is 14.6. The molecule has 43 heavy (non-hydrogen) atoms. The van der Waals surface area contributed by atoms with Gasteiger partial charge < -0.3 is 37.1 Å². The molecule has 13 heteroatoms. The highest BCUT2D eigenvalue weighted by Gasteiger charge is 2.40. The molecule has 2 heterocycles. The Kier molecular flexibility index (Phi) is 10.4. The predicted octanol–water partition coefficient (Wildman–Crippen LogP) is 0.965. The van der Waals surface area contributed by atoms with Gasteiger partial charge in [-0.3, -0.25) is 9.59 Å². The van der Waals surface area contributed by atoms with Crippen LogP contribution in [0.5, 0.6) is 0 Å². The number of ketones is 1. The highest BCUT2D eigenvalue weighted by Crippen LogP contribution is 2.31. The summed E-state index contributed by atoms with van der Waals surface area (Å²) in [5.41, 5.74) is 19.3. The van der Waals surface area contributed by atoms with Gasteiger partial charge in [-0.25, -0.2) is 0 Å². The summed E-state index contributed by atoms with van der Waals surface area (Å²) in [5.74, 6) is -0.860. The molecule has 1 fully saturated rings. The number of nitrogens with one attached hydrogen (secondary N) is 1. The Bertz CT molecular complexity index is 1280. The van der Waals surface area contributed by atoms with Crippen molar-refractivity contribution >= 4 is 24.3 Å². The highest BCUT2D eigenvalue weighted by atomic mass is 19.4. The average Bonchev–Trinajstić information content (AvgIpc) is 3.14. The molecule has 234 valence electrons. The second-order valence-electron chi connectivity index (χ2n) is 12.3. The van der Waals surface area contributed by atoms with Crippen LogP contribution >= 0.6 is 0 Å². The smallest absolute Gasteiger partial charge is 0.423 e. The Balaban J connectivity index is 1.43. The van der Waals surface area contributed by atoms with Crippen LogP contribution in [0.25, 0.3) is 0 Å². The van der Waals surface area contributed by atoms with Crippen molar-refractivity contribution in [2.75, 3.05) is 19.6 Å². The molecule has 8 N–H and O–H groups in total. The van der Waals surface area contributed by atoms with Gasteiger partial charge in [0.15, 0.2) is 5.78 Å². The summed E-state index contributed by atoms with van der Waals surface area (Å²) < 4.78 is 44.8. The van der Waals surface area contributed by atoms with Gasteiger partial charge in [0, 0.05) is 31.6 Å². The fourth-order valence-corrected chi connectivity index (χ4v) is 5.92. The summed E-state index contributed by atoms with van der Waals surface area (Å²) in [6, 6.07) is 7.87. The number of rotatable bonds is 11. The largest absolute Gasteiger partial charge is 0.492 e. The van der Waals surface area contributed by atoms with E-state index in [1.165, 1.54) is 12.1 Å². The second-order valence-corrected chi connectivity index (χ2v) is 12.3. The van der Waals surface area contributed by atoms with Crippen molar-refractivity contribution in [3.05, 3.63) is 64.7 Å². The van der Waals surface area contributed by atoms with Crippen LogP contribution in [-0.2, 0) is 38.9 Å². The summed E-state index contributed by atoms with van der Waals surface area (Å²) in [7, 11) is -1.13. The standard InChI is InChI=1S/C30H41BF3N5O4/c1-29(2)23-10-7-19(12-24(23)31(42)43-29)14-27(40)26(13-18-5-8-20(9-6-18)30(32,33)34)38-28(41)25(37)4-3-11-39-16-21(35)15-22(36)17-39/h5-10,12,21-22,25-26,42H,3-4,11,13-17,35-37H2,1-2H3,(H,38,41)/t21-,22+,25-,26+/m0/s1. The van der Waals surface area contributed by atoms with E-state index in [1.54, 1.807) is 18.2 Å². The number of hydrogen-bond acceptors (Lipinski definition) is 8. The van der Waals surface area contributed by atoms with Crippen molar-refractivity contribution in [2.24, 2.45) is 17.2 Å². The van der Waals surface area contributed by atoms with E-state index in [4.69, 9.17) is 21.9 Å². The van der Waals surface area contributed by atoms with E-state index >= 15 is 0 Å². The molecule has 4 rings (SSSR count). The van der Waals surface area contributed by atoms with Gasteiger partial charge in [-0.1, -0.05) is 30.3 Å². The van der Waals surface area contributed by atoms with Crippen LogP contribution in [0, 0.1) is 0 Å². The van der Waals surface area contributed by atoms with E-state index < -0.39 is 42.5 Å².